The van der Waals surface area contributed by atoms with Crippen molar-refractivity contribution in [1.82, 2.24) is 9.78 Å². The number of hydrogen-bond acceptors (Lipinski definition) is 2. The van der Waals surface area contributed by atoms with Crippen molar-refractivity contribution >= 4 is 28.9 Å². The molecule has 2 aromatic rings. The fourth-order valence-electron chi connectivity index (χ4n) is 1.68. The van der Waals surface area contributed by atoms with Gasteiger partial charge in [0, 0.05) is 13.2 Å². The van der Waals surface area contributed by atoms with E-state index in [1.807, 2.05) is 32.3 Å². The first-order valence-corrected chi connectivity index (χ1v) is 6.02. The Morgan fingerprint density at radius 2 is 2.12 bits per heavy atom. The van der Waals surface area contributed by atoms with Crippen molar-refractivity contribution in [2.45, 2.75) is 13.0 Å². The molecule has 0 aliphatic heterocycles. The Labute approximate surface area is 110 Å². The molecule has 0 fully saturated rings. The van der Waals surface area contributed by atoms with E-state index in [4.69, 9.17) is 23.2 Å². The third-order valence-electron chi connectivity index (χ3n) is 2.54. The van der Waals surface area contributed by atoms with E-state index >= 15 is 0 Å². The summed E-state index contributed by atoms with van der Waals surface area (Å²) in [6, 6.07) is 5.71. The van der Waals surface area contributed by atoms with Crippen molar-refractivity contribution in [3.8, 4) is 0 Å². The highest BCUT2D eigenvalue weighted by atomic mass is 35.5. The van der Waals surface area contributed by atoms with Crippen molar-refractivity contribution in [3.63, 3.8) is 0 Å². The molecule has 0 spiro atoms. The van der Waals surface area contributed by atoms with Crippen molar-refractivity contribution in [2.75, 3.05) is 5.32 Å². The van der Waals surface area contributed by atoms with Gasteiger partial charge in [-0.3, -0.25) is 4.68 Å². The van der Waals surface area contributed by atoms with Crippen molar-refractivity contribution in [3.05, 3.63) is 46.2 Å². The Morgan fingerprint density at radius 3 is 2.76 bits per heavy atom. The first kappa shape index (κ1) is 12.3. The molecule has 5 heteroatoms. The predicted molar refractivity (Wildman–Crippen MR) is 71.7 cm³/mol. The lowest BCUT2D eigenvalue weighted by Crippen LogP contribution is -2.06. The Kier molecular flexibility index (Phi) is 3.60. The molecule has 3 nitrogen and oxygen atoms in total. The monoisotopic (exact) mass is 269 g/mol. The third kappa shape index (κ3) is 2.73. The van der Waals surface area contributed by atoms with Gasteiger partial charge in [0.2, 0.25) is 0 Å². The summed E-state index contributed by atoms with van der Waals surface area (Å²) in [5.41, 5.74) is 1.93. The highest BCUT2D eigenvalue weighted by Crippen LogP contribution is 2.31. The van der Waals surface area contributed by atoms with E-state index in [9.17, 15) is 0 Å². The van der Waals surface area contributed by atoms with Crippen LogP contribution in [0, 0.1) is 0 Å². The minimum Gasteiger partial charge on any atom is -0.376 e. The van der Waals surface area contributed by atoms with Gasteiger partial charge >= 0.3 is 0 Å². The highest BCUT2D eigenvalue weighted by molar-refractivity contribution is 6.42. The molecule has 1 atom stereocenters. The summed E-state index contributed by atoms with van der Waals surface area (Å²) >= 11 is 12.2. The van der Waals surface area contributed by atoms with Gasteiger partial charge in [-0.05, 0) is 18.6 Å². The van der Waals surface area contributed by atoms with Crippen LogP contribution in [0.4, 0.5) is 5.69 Å². The lowest BCUT2D eigenvalue weighted by molar-refractivity contribution is 0.767. The van der Waals surface area contributed by atoms with E-state index in [2.05, 4.69) is 10.4 Å². The molecule has 0 radical (unpaired) electrons. The molecule has 0 aliphatic carbocycles. The lowest BCUT2D eigenvalue weighted by atomic mass is 10.1. The van der Waals surface area contributed by atoms with Crippen LogP contribution in [0.2, 0.25) is 10.0 Å². The Morgan fingerprint density at radius 1 is 1.35 bits per heavy atom. The highest BCUT2D eigenvalue weighted by Gasteiger charge is 2.12. The van der Waals surface area contributed by atoms with Crippen molar-refractivity contribution < 1.29 is 0 Å². The molecule has 1 aromatic carbocycles. The Hall–Kier alpha value is -1.19. The minimum absolute atomic E-state index is 0.0744. The van der Waals surface area contributed by atoms with Crippen LogP contribution in [-0.4, -0.2) is 9.78 Å². The Bertz CT molecular complexity index is 522. The van der Waals surface area contributed by atoms with Gasteiger partial charge in [-0.25, -0.2) is 0 Å². The molecular formula is C12H13Cl2N3. The number of aromatic nitrogens is 2. The number of hydrogen-bond donors (Lipinski definition) is 1. The number of nitrogens with zero attached hydrogens (tertiary/aromatic N) is 2. The molecule has 1 aromatic heterocycles. The van der Waals surface area contributed by atoms with Crippen LogP contribution in [0.1, 0.15) is 18.5 Å². The Balaban J connectivity index is 2.20. The van der Waals surface area contributed by atoms with Crippen LogP contribution in [0.5, 0.6) is 0 Å². The topological polar surface area (TPSA) is 29.9 Å². The largest absolute Gasteiger partial charge is 0.376 e. The second-order valence-electron chi connectivity index (χ2n) is 3.91. The van der Waals surface area contributed by atoms with E-state index in [0.717, 1.165) is 11.3 Å². The summed E-state index contributed by atoms with van der Waals surface area (Å²) in [6.07, 6.45) is 3.68. The van der Waals surface area contributed by atoms with E-state index in [1.54, 1.807) is 16.9 Å². The van der Waals surface area contributed by atoms with E-state index in [1.165, 1.54) is 0 Å². The maximum atomic E-state index is 6.17. The van der Waals surface area contributed by atoms with Gasteiger partial charge < -0.3 is 5.32 Å². The molecule has 17 heavy (non-hydrogen) atoms. The fourth-order valence-corrected chi connectivity index (χ4v) is 2.15. The summed E-state index contributed by atoms with van der Waals surface area (Å²) in [7, 11) is 1.88. The molecule has 1 unspecified atom stereocenters. The van der Waals surface area contributed by atoms with Crippen LogP contribution in [-0.2, 0) is 7.05 Å². The summed E-state index contributed by atoms with van der Waals surface area (Å²) in [6.45, 7) is 2.03. The molecule has 90 valence electrons. The second kappa shape index (κ2) is 4.98. The summed E-state index contributed by atoms with van der Waals surface area (Å²) in [5.74, 6) is 0. The SMILES string of the molecule is CC(Nc1cnn(C)c1)c1cccc(Cl)c1Cl. The number of benzene rings is 1. The zero-order valence-electron chi connectivity index (χ0n) is 9.61. The van der Waals surface area contributed by atoms with Crippen LogP contribution in [0.25, 0.3) is 0 Å². The van der Waals surface area contributed by atoms with E-state index in [-0.39, 0.29) is 6.04 Å². The normalized spacial score (nSPS) is 12.5. The smallest absolute Gasteiger partial charge is 0.0731 e. The fraction of sp³-hybridized carbons (Fsp3) is 0.250. The van der Waals surface area contributed by atoms with Crippen LogP contribution >= 0.6 is 23.2 Å². The van der Waals surface area contributed by atoms with Crippen LogP contribution in [0.3, 0.4) is 0 Å². The quantitative estimate of drug-likeness (QED) is 0.916. The maximum Gasteiger partial charge on any atom is 0.0731 e. The van der Waals surface area contributed by atoms with Gasteiger partial charge in [0.15, 0.2) is 0 Å². The second-order valence-corrected chi connectivity index (χ2v) is 4.70. The zero-order valence-corrected chi connectivity index (χ0v) is 11.1. The number of halogens is 2. The van der Waals surface area contributed by atoms with Gasteiger partial charge in [-0.15, -0.1) is 0 Å². The molecule has 0 saturated heterocycles. The predicted octanol–water partition coefficient (Wildman–Crippen LogP) is 3.90. The molecule has 0 amide bonds. The maximum absolute atomic E-state index is 6.17. The average Bonchev–Trinajstić information content (AvgIpc) is 2.68. The number of rotatable bonds is 3. The summed E-state index contributed by atoms with van der Waals surface area (Å²) in [4.78, 5) is 0. The number of anilines is 1. The molecule has 0 aliphatic rings. The minimum atomic E-state index is 0.0744. The van der Waals surface area contributed by atoms with Gasteiger partial charge in [-0.1, -0.05) is 35.3 Å². The number of aryl methyl sites for hydroxylation is 1. The molecule has 1 heterocycles. The summed E-state index contributed by atoms with van der Waals surface area (Å²) < 4.78 is 1.74. The third-order valence-corrected chi connectivity index (χ3v) is 3.37. The lowest BCUT2D eigenvalue weighted by Gasteiger charge is -2.16. The van der Waals surface area contributed by atoms with Crippen molar-refractivity contribution in [1.29, 1.82) is 0 Å². The van der Waals surface area contributed by atoms with Crippen molar-refractivity contribution in [2.24, 2.45) is 7.05 Å². The van der Waals surface area contributed by atoms with Gasteiger partial charge in [0.1, 0.15) is 0 Å². The molecule has 0 saturated carbocycles. The standard InChI is InChI=1S/C12H13Cl2N3/c1-8(16-9-6-15-17(2)7-9)10-4-3-5-11(13)12(10)14/h3-8,16H,1-2H3. The number of nitrogens with one attached hydrogen (secondary N) is 1. The van der Waals surface area contributed by atoms with Gasteiger partial charge in [-0.2, -0.15) is 5.10 Å². The first-order chi connectivity index (χ1) is 8.08. The molecule has 1 N–H and O–H groups in total. The molecule has 0 bridgehead atoms. The van der Waals surface area contributed by atoms with E-state index in [0.29, 0.717) is 10.0 Å². The van der Waals surface area contributed by atoms with E-state index < -0.39 is 0 Å². The first-order valence-electron chi connectivity index (χ1n) is 5.27. The van der Waals surface area contributed by atoms with Crippen LogP contribution < -0.4 is 5.32 Å². The van der Waals surface area contributed by atoms with Gasteiger partial charge in [0.05, 0.1) is 28.0 Å². The zero-order chi connectivity index (χ0) is 12.4. The summed E-state index contributed by atoms with van der Waals surface area (Å²) in [5, 5.41) is 8.59. The molecular weight excluding hydrogens is 257 g/mol. The van der Waals surface area contributed by atoms with Gasteiger partial charge in [0.25, 0.3) is 0 Å². The average molecular weight is 270 g/mol. The van der Waals surface area contributed by atoms with Crippen LogP contribution in [0.15, 0.2) is 30.6 Å². The molecule has 2 rings (SSSR count).